The van der Waals surface area contributed by atoms with E-state index in [2.05, 4.69) is 28.1 Å². The molecule has 0 saturated heterocycles. The minimum Gasteiger partial charge on any atom is -0.383 e. The number of nitrogens with zero attached hydrogens (tertiary/aromatic N) is 2. The van der Waals surface area contributed by atoms with Crippen molar-refractivity contribution in [2.24, 2.45) is 0 Å². The number of benzene rings is 2. The SMILES string of the molecule is COCCn1ccc2cc(NC(=O)c3cccn3Cc3ccccc3)ccc21. The molecular formula is C23H23N3O2. The van der Waals surface area contributed by atoms with E-state index < -0.39 is 0 Å². The van der Waals surface area contributed by atoms with E-state index in [1.165, 1.54) is 0 Å². The van der Waals surface area contributed by atoms with Gasteiger partial charge in [0, 0.05) is 49.2 Å². The Morgan fingerprint density at radius 1 is 0.964 bits per heavy atom. The average molecular weight is 373 g/mol. The molecule has 0 radical (unpaired) electrons. The first kappa shape index (κ1) is 18.1. The second-order valence-electron chi connectivity index (χ2n) is 6.74. The summed E-state index contributed by atoms with van der Waals surface area (Å²) in [7, 11) is 1.70. The van der Waals surface area contributed by atoms with Gasteiger partial charge in [0.05, 0.1) is 6.61 Å². The Hall–Kier alpha value is -3.31. The molecule has 0 aliphatic carbocycles. The van der Waals surface area contributed by atoms with Crippen molar-refractivity contribution in [1.29, 1.82) is 0 Å². The van der Waals surface area contributed by atoms with Gasteiger partial charge < -0.3 is 19.2 Å². The van der Waals surface area contributed by atoms with Gasteiger partial charge in [-0.2, -0.15) is 0 Å². The average Bonchev–Trinajstić information content (AvgIpc) is 3.34. The van der Waals surface area contributed by atoms with Crippen molar-refractivity contribution in [1.82, 2.24) is 9.13 Å². The molecule has 0 aliphatic heterocycles. The predicted octanol–water partition coefficient (Wildman–Crippen LogP) is 4.39. The highest BCUT2D eigenvalue weighted by atomic mass is 16.5. The molecule has 2 heterocycles. The van der Waals surface area contributed by atoms with E-state index in [9.17, 15) is 4.79 Å². The number of methoxy groups -OCH3 is 1. The zero-order valence-corrected chi connectivity index (χ0v) is 15.8. The number of anilines is 1. The van der Waals surface area contributed by atoms with Crippen LogP contribution in [-0.2, 0) is 17.8 Å². The molecule has 2 aromatic heterocycles. The van der Waals surface area contributed by atoms with Crippen LogP contribution < -0.4 is 5.32 Å². The standard InChI is InChI=1S/C23H23N3O2/c1-28-15-14-25-13-11-19-16-20(9-10-21(19)25)24-23(27)22-8-5-12-26(22)17-18-6-3-2-4-7-18/h2-13,16H,14-15,17H2,1H3,(H,24,27). The first-order chi connectivity index (χ1) is 13.7. The molecule has 4 aromatic rings. The first-order valence-electron chi connectivity index (χ1n) is 9.33. The normalized spacial score (nSPS) is 11.0. The Balaban J connectivity index is 1.50. The molecule has 0 atom stereocenters. The summed E-state index contributed by atoms with van der Waals surface area (Å²) < 4.78 is 9.27. The fourth-order valence-electron chi connectivity index (χ4n) is 3.40. The number of aromatic nitrogens is 2. The van der Waals surface area contributed by atoms with Gasteiger partial charge in [-0.25, -0.2) is 0 Å². The third-order valence-corrected chi connectivity index (χ3v) is 4.82. The van der Waals surface area contributed by atoms with Crippen molar-refractivity contribution in [3.05, 3.63) is 90.4 Å². The molecular weight excluding hydrogens is 350 g/mol. The largest absolute Gasteiger partial charge is 0.383 e. The molecule has 2 aromatic carbocycles. The lowest BCUT2D eigenvalue weighted by Gasteiger charge is -2.11. The van der Waals surface area contributed by atoms with E-state index in [1.54, 1.807) is 7.11 Å². The van der Waals surface area contributed by atoms with Gasteiger partial charge in [-0.05, 0) is 42.0 Å². The van der Waals surface area contributed by atoms with E-state index in [1.807, 2.05) is 65.5 Å². The number of carbonyl (C=O) groups is 1. The summed E-state index contributed by atoms with van der Waals surface area (Å²) in [5.41, 5.74) is 3.71. The summed E-state index contributed by atoms with van der Waals surface area (Å²) in [6.07, 6.45) is 3.97. The number of hydrogen-bond acceptors (Lipinski definition) is 2. The smallest absolute Gasteiger partial charge is 0.272 e. The van der Waals surface area contributed by atoms with Crippen LogP contribution in [-0.4, -0.2) is 28.8 Å². The molecule has 28 heavy (non-hydrogen) atoms. The highest BCUT2D eigenvalue weighted by Crippen LogP contribution is 2.21. The molecule has 0 bridgehead atoms. The molecule has 0 fully saturated rings. The van der Waals surface area contributed by atoms with E-state index in [4.69, 9.17) is 4.74 Å². The molecule has 0 saturated carbocycles. The number of amides is 1. The summed E-state index contributed by atoms with van der Waals surface area (Å²) in [5, 5.41) is 4.11. The van der Waals surface area contributed by atoms with Crippen molar-refractivity contribution in [2.75, 3.05) is 19.0 Å². The Morgan fingerprint density at radius 2 is 1.82 bits per heavy atom. The molecule has 0 spiro atoms. The number of nitrogens with one attached hydrogen (secondary N) is 1. The zero-order chi connectivity index (χ0) is 19.3. The Bertz CT molecular complexity index is 1080. The molecule has 1 N–H and O–H groups in total. The van der Waals surface area contributed by atoms with Crippen LogP contribution in [0.3, 0.4) is 0 Å². The Morgan fingerprint density at radius 3 is 2.64 bits per heavy atom. The molecule has 1 amide bonds. The van der Waals surface area contributed by atoms with Crippen LogP contribution in [0.1, 0.15) is 16.1 Å². The maximum Gasteiger partial charge on any atom is 0.272 e. The van der Waals surface area contributed by atoms with Crippen molar-refractivity contribution < 1.29 is 9.53 Å². The predicted molar refractivity (Wildman–Crippen MR) is 112 cm³/mol. The molecule has 0 unspecified atom stereocenters. The zero-order valence-electron chi connectivity index (χ0n) is 15.8. The molecule has 4 rings (SSSR count). The summed E-state index contributed by atoms with van der Waals surface area (Å²) >= 11 is 0. The monoisotopic (exact) mass is 373 g/mol. The number of hydrogen-bond donors (Lipinski definition) is 1. The van der Waals surface area contributed by atoms with Gasteiger partial charge in [0.1, 0.15) is 5.69 Å². The lowest BCUT2D eigenvalue weighted by atomic mass is 10.2. The molecule has 5 nitrogen and oxygen atoms in total. The number of ether oxygens (including phenoxy) is 1. The van der Waals surface area contributed by atoms with E-state index in [0.717, 1.165) is 28.7 Å². The Kier molecular flexibility index (Phi) is 5.26. The van der Waals surface area contributed by atoms with Crippen molar-refractivity contribution in [3.63, 3.8) is 0 Å². The molecule has 142 valence electrons. The van der Waals surface area contributed by atoms with Crippen molar-refractivity contribution in [3.8, 4) is 0 Å². The van der Waals surface area contributed by atoms with Gasteiger partial charge in [-0.1, -0.05) is 30.3 Å². The summed E-state index contributed by atoms with van der Waals surface area (Å²) in [5.74, 6) is -0.112. The van der Waals surface area contributed by atoms with Crippen LogP contribution in [0.15, 0.2) is 79.1 Å². The molecule has 5 heteroatoms. The van der Waals surface area contributed by atoms with Gasteiger partial charge >= 0.3 is 0 Å². The Labute approximate surface area is 164 Å². The quantitative estimate of drug-likeness (QED) is 0.522. The minimum atomic E-state index is -0.112. The third kappa shape index (κ3) is 3.85. The van der Waals surface area contributed by atoms with Crippen LogP contribution in [0.25, 0.3) is 10.9 Å². The summed E-state index contributed by atoms with van der Waals surface area (Å²) in [6.45, 7) is 2.14. The van der Waals surface area contributed by atoms with Gasteiger partial charge in [-0.3, -0.25) is 4.79 Å². The highest BCUT2D eigenvalue weighted by molar-refractivity contribution is 6.04. The van der Waals surface area contributed by atoms with E-state index >= 15 is 0 Å². The van der Waals surface area contributed by atoms with E-state index in [-0.39, 0.29) is 5.91 Å². The van der Waals surface area contributed by atoms with Crippen LogP contribution in [0, 0.1) is 0 Å². The van der Waals surface area contributed by atoms with Gasteiger partial charge in [0.2, 0.25) is 0 Å². The van der Waals surface area contributed by atoms with Crippen molar-refractivity contribution >= 4 is 22.5 Å². The fraction of sp³-hybridized carbons (Fsp3) is 0.174. The number of rotatable bonds is 7. The first-order valence-corrected chi connectivity index (χ1v) is 9.33. The number of fused-ring (bicyclic) bond motifs is 1. The van der Waals surface area contributed by atoms with Crippen LogP contribution in [0.2, 0.25) is 0 Å². The fourth-order valence-corrected chi connectivity index (χ4v) is 3.40. The maximum absolute atomic E-state index is 12.8. The van der Waals surface area contributed by atoms with Crippen molar-refractivity contribution in [2.45, 2.75) is 13.1 Å². The summed E-state index contributed by atoms with van der Waals surface area (Å²) in [6, 6.07) is 21.9. The third-order valence-electron chi connectivity index (χ3n) is 4.82. The topological polar surface area (TPSA) is 48.2 Å². The second kappa shape index (κ2) is 8.15. The lowest BCUT2D eigenvalue weighted by molar-refractivity contribution is 0.101. The molecule has 0 aliphatic rings. The lowest BCUT2D eigenvalue weighted by Crippen LogP contribution is -2.17. The summed E-state index contributed by atoms with van der Waals surface area (Å²) in [4.78, 5) is 12.8. The maximum atomic E-state index is 12.8. The van der Waals surface area contributed by atoms with Crippen LogP contribution in [0.4, 0.5) is 5.69 Å². The minimum absolute atomic E-state index is 0.112. The second-order valence-corrected chi connectivity index (χ2v) is 6.74. The number of carbonyl (C=O) groups excluding carboxylic acids is 1. The van der Waals surface area contributed by atoms with Gasteiger partial charge in [0.25, 0.3) is 5.91 Å². The van der Waals surface area contributed by atoms with Crippen LogP contribution in [0.5, 0.6) is 0 Å². The van der Waals surface area contributed by atoms with Gasteiger partial charge in [0.15, 0.2) is 0 Å². The van der Waals surface area contributed by atoms with E-state index in [0.29, 0.717) is 18.8 Å². The highest BCUT2D eigenvalue weighted by Gasteiger charge is 2.12. The van der Waals surface area contributed by atoms with Gasteiger partial charge in [-0.15, -0.1) is 0 Å². The van der Waals surface area contributed by atoms with Crippen LogP contribution >= 0.6 is 0 Å².